The summed E-state index contributed by atoms with van der Waals surface area (Å²) in [6, 6.07) is 29.7. The number of hydrogen-bond donors (Lipinski definition) is 5. The molecule has 12 rings (SSSR count). The van der Waals surface area contributed by atoms with Crippen LogP contribution in [-0.2, 0) is 32.0 Å². The number of aromatic nitrogens is 2. The van der Waals surface area contributed by atoms with E-state index in [0.717, 1.165) is 134 Å². The Balaban J connectivity index is 0.000000139. The van der Waals surface area contributed by atoms with Crippen LogP contribution in [0.4, 0.5) is 50.3 Å². The second-order valence-electron chi connectivity index (χ2n) is 21.4. The number of nitrogens with zero attached hydrogens (tertiary/aromatic N) is 5. The van der Waals surface area contributed by atoms with E-state index in [1.165, 1.54) is 39.7 Å². The second kappa shape index (κ2) is 25.5. The molecule has 1 aromatic heterocycles. The highest BCUT2D eigenvalue weighted by Gasteiger charge is 2.35. The van der Waals surface area contributed by atoms with Crippen LogP contribution in [0, 0.1) is 17.8 Å². The van der Waals surface area contributed by atoms with Crippen LogP contribution in [0.5, 0.6) is 17.2 Å². The topological polar surface area (TPSA) is 167 Å². The molecule has 5 aromatic carbocycles. The van der Waals surface area contributed by atoms with Crippen molar-refractivity contribution in [2.75, 3.05) is 80.4 Å². The van der Waals surface area contributed by atoms with Crippen molar-refractivity contribution >= 4 is 52.4 Å². The monoisotopic (exact) mass is 1140 g/mol. The third-order valence-electron chi connectivity index (χ3n) is 15.0. The summed E-state index contributed by atoms with van der Waals surface area (Å²) in [6.07, 6.45) is 6.16. The Morgan fingerprint density at radius 2 is 1.02 bits per heavy atom. The number of hydrogen-bond acceptors (Lipinski definition) is 10. The van der Waals surface area contributed by atoms with Gasteiger partial charge in [0.1, 0.15) is 23.6 Å². The number of ether oxygens (including phenoxy) is 3. The first kappa shape index (κ1) is 56.7. The second-order valence-corrected chi connectivity index (χ2v) is 21.9. The average molecular weight is 1140 g/mol. The number of alkyl halides is 3. The number of carbonyl (C=O) groups is 3. The van der Waals surface area contributed by atoms with E-state index in [9.17, 15) is 27.6 Å². The SMILES string of the molecule is C=C1CCc2cc(OCC3CN(C(=O)NCc4ccc(Cl)cc4)C3)ccc2N1.C=C1CCc2cc(OCC3CN(C(=O)Nc4ccc(C(F)(F)F)cc4)C3)ccc2N1.C=C1CCc2cc(OCC3CN(C(=O)n4ccnc4)C3)ccc2N1. The van der Waals surface area contributed by atoms with Gasteiger partial charge in [0.25, 0.3) is 0 Å². The summed E-state index contributed by atoms with van der Waals surface area (Å²) in [5.74, 6) is 3.55. The van der Waals surface area contributed by atoms with E-state index in [4.69, 9.17) is 25.8 Å². The van der Waals surface area contributed by atoms with Gasteiger partial charge in [-0.05, 0) is 152 Å². The molecular formula is C62H66ClF3N10O6. The van der Waals surface area contributed by atoms with Gasteiger partial charge in [-0.25, -0.2) is 19.4 Å². The Kier molecular flexibility index (Phi) is 17.6. The fourth-order valence-electron chi connectivity index (χ4n) is 10.1. The van der Waals surface area contributed by atoms with Crippen molar-refractivity contribution < 1.29 is 41.8 Å². The molecule has 3 fully saturated rings. The normalized spacial score (nSPS) is 16.4. The molecule has 5 N–H and O–H groups in total. The summed E-state index contributed by atoms with van der Waals surface area (Å²) in [5, 5.41) is 16.1. The molecule has 7 heterocycles. The number of likely N-dealkylation sites (tertiary alicyclic amines) is 3. The first-order valence-electron chi connectivity index (χ1n) is 27.4. The molecule has 6 aliphatic rings. The number of urea groups is 2. The summed E-state index contributed by atoms with van der Waals surface area (Å²) < 4.78 is 57.0. The fraction of sp³-hybridized carbons (Fsp3) is 0.323. The van der Waals surface area contributed by atoms with Crippen molar-refractivity contribution in [2.45, 2.75) is 51.2 Å². The quantitative estimate of drug-likeness (QED) is 0.0796. The molecule has 6 aliphatic heterocycles. The van der Waals surface area contributed by atoms with Gasteiger partial charge in [0, 0.05) is 121 Å². The van der Waals surface area contributed by atoms with Crippen molar-refractivity contribution in [3.63, 3.8) is 0 Å². The van der Waals surface area contributed by atoms with E-state index in [1.54, 1.807) is 22.2 Å². The van der Waals surface area contributed by atoms with E-state index in [0.29, 0.717) is 62.0 Å². The van der Waals surface area contributed by atoms with E-state index in [2.05, 4.69) is 63.4 Å². The maximum absolute atomic E-state index is 12.6. The number of nitrogens with one attached hydrogen (secondary N) is 5. The molecule has 5 amide bonds. The molecule has 428 valence electrons. The lowest BCUT2D eigenvalue weighted by atomic mass is 10.0. The standard InChI is InChI=1S/C22H24ClN3O2.C22H22F3N3O2.C18H20N4O2/c1-15-2-5-18-10-20(8-9-21(18)25-15)28-14-17-12-26(13-17)22(27)24-11-16-3-6-19(23)7-4-16;1-14-2-3-16-10-19(8-9-20(16)26-14)30-13-15-11-28(12-15)21(29)27-18-6-4-17(5-7-18)22(23,24)25;1-13-2-3-15-8-16(4-5-17(15)20-13)24-11-14-9-22(10-14)18(23)21-7-6-19-12-21/h3-4,6-10,17,25H,1-2,5,11-14H2,(H,24,27);4-10,15,26H,1-3,11-13H2,(H,27,29);4-8,12,14,20H,1-3,9-11H2. The highest BCUT2D eigenvalue weighted by atomic mass is 35.5. The third-order valence-corrected chi connectivity index (χ3v) is 15.2. The molecule has 0 unspecified atom stereocenters. The molecular weight excluding hydrogens is 1070 g/mol. The molecule has 6 aromatic rings. The molecule has 0 aliphatic carbocycles. The lowest BCUT2D eigenvalue weighted by molar-refractivity contribution is -0.137. The van der Waals surface area contributed by atoms with Crippen LogP contribution < -0.4 is 40.8 Å². The van der Waals surface area contributed by atoms with Crippen LogP contribution in [0.2, 0.25) is 5.02 Å². The van der Waals surface area contributed by atoms with Crippen LogP contribution in [-0.4, -0.2) is 101 Å². The number of rotatable bonds is 12. The maximum Gasteiger partial charge on any atom is 0.416 e. The van der Waals surface area contributed by atoms with Crippen molar-refractivity contribution in [3.05, 3.63) is 192 Å². The number of halogens is 4. The summed E-state index contributed by atoms with van der Waals surface area (Å²) in [5.41, 5.74) is 10.8. The van der Waals surface area contributed by atoms with Gasteiger partial charge in [-0.3, -0.25) is 4.57 Å². The number of aryl methyl sites for hydroxylation is 3. The van der Waals surface area contributed by atoms with Gasteiger partial charge in [0.2, 0.25) is 0 Å². The predicted molar refractivity (Wildman–Crippen MR) is 311 cm³/mol. The van der Waals surface area contributed by atoms with Crippen LogP contribution in [0.25, 0.3) is 0 Å². The molecule has 0 radical (unpaired) electrons. The highest BCUT2D eigenvalue weighted by Crippen LogP contribution is 2.34. The van der Waals surface area contributed by atoms with Gasteiger partial charge in [-0.15, -0.1) is 0 Å². The van der Waals surface area contributed by atoms with Gasteiger partial charge >= 0.3 is 24.3 Å². The number of anilines is 4. The first-order chi connectivity index (χ1) is 39.5. The van der Waals surface area contributed by atoms with Crippen LogP contribution in [0.15, 0.2) is 159 Å². The minimum atomic E-state index is -4.39. The van der Waals surface area contributed by atoms with E-state index >= 15 is 0 Å². The Morgan fingerprint density at radius 1 is 0.585 bits per heavy atom. The zero-order valence-corrected chi connectivity index (χ0v) is 46.2. The number of imidazole rings is 1. The molecule has 20 heteroatoms. The first-order valence-corrected chi connectivity index (χ1v) is 27.8. The van der Waals surface area contributed by atoms with Gasteiger partial charge in [-0.2, -0.15) is 13.2 Å². The van der Waals surface area contributed by atoms with E-state index in [1.807, 2.05) is 71.6 Å². The number of carbonyl (C=O) groups excluding carboxylic acids is 3. The van der Waals surface area contributed by atoms with Crippen LogP contribution in [0.3, 0.4) is 0 Å². The number of allylic oxidation sites excluding steroid dienone is 3. The summed E-state index contributed by atoms with van der Waals surface area (Å²) in [6.45, 7) is 18.1. The fourth-order valence-corrected chi connectivity index (χ4v) is 10.2. The Morgan fingerprint density at radius 3 is 1.45 bits per heavy atom. The molecule has 82 heavy (non-hydrogen) atoms. The highest BCUT2D eigenvalue weighted by molar-refractivity contribution is 6.30. The Labute approximate surface area is 480 Å². The van der Waals surface area contributed by atoms with Crippen LogP contribution >= 0.6 is 11.6 Å². The van der Waals surface area contributed by atoms with Gasteiger partial charge in [0.05, 0.1) is 25.4 Å². The molecule has 3 saturated heterocycles. The third kappa shape index (κ3) is 14.9. The van der Waals surface area contributed by atoms with Crippen molar-refractivity contribution in [3.8, 4) is 17.2 Å². The molecule has 16 nitrogen and oxygen atoms in total. The largest absolute Gasteiger partial charge is 0.493 e. The smallest absolute Gasteiger partial charge is 0.416 e. The van der Waals surface area contributed by atoms with E-state index < -0.39 is 11.7 Å². The molecule has 0 atom stereocenters. The Hall–Kier alpha value is -8.58. The maximum atomic E-state index is 12.6. The average Bonchev–Trinajstić information content (AvgIpc) is 4.15. The zero-order valence-electron chi connectivity index (χ0n) is 45.4. The van der Waals surface area contributed by atoms with Gasteiger partial charge in [0.15, 0.2) is 0 Å². The minimum absolute atomic E-state index is 0.0242. The summed E-state index contributed by atoms with van der Waals surface area (Å²) in [7, 11) is 0. The molecule has 0 saturated carbocycles. The lowest BCUT2D eigenvalue weighted by Crippen LogP contribution is -2.55. The lowest BCUT2D eigenvalue weighted by Gasteiger charge is -2.38. The Bertz CT molecular complexity index is 3290. The number of benzene rings is 5. The molecule has 0 spiro atoms. The van der Waals surface area contributed by atoms with Gasteiger partial charge < -0.3 is 55.5 Å². The summed E-state index contributed by atoms with van der Waals surface area (Å²) in [4.78, 5) is 45.6. The van der Waals surface area contributed by atoms with Crippen molar-refractivity contribution in [2.24, 2.45) is 17.8 Å². The van der Waals surface area contributed by atoms with Gasteiger partial charge in [-0.1, -0.05) is 43.5 Å². The molecule has 0 bridgehead atoms. The van der Waals surface area contributed by atoms with E-state index in [-0.39, 0.29) is 24.0 Å². The zero-order chi connectivity index (χ0) is 57.3. The van der Waals surface area contributed by atoms with Crippen molar-refractivity contribution in [1.29, 1.82) is 0 Å². The van der Waals surface area contributed by atoms with Crippen molar-refractivity contribution in [1.82, 2.24) is 29.6 Å². The minimum Gasteiger partial charge on any atom is -0.493 e. The predicted octanol–water partition coefficient (Wildman–Crippen LogP) is 12.3. The number of fused-ring (bicyclic) bond motifs is 3. The van der Waals surface area contributed by atoms with Crippen LogP contribution in [0.1, 0.15) is 47.1 Å². The summed E-state index contributed by atoms with van der Waals surface area (Å²) >= 11 is 5.87. The number of amides is 5.